The van der Waals surface area contributed by atoms with Crippen molar-refractivity contribution in [3.63, 3.8) is 0 Å². The molecule has 1 saturated heterocycles. The third kappa shape index (κ3) is 3.11. The maximum Gasteiger partial charge on any atom is 0.107 e. The lowest BCUT2D eigenvalue weighted by molar-refractivity contribution is -0.0145. The Balaban J connectivity index is 2.15. The molecule has 72 valence electrons. The smallest absolute Gasteiger partial charge is 0.107 e. The summed E-state index contributed by atoms with van der Waals surface area (Å²) in [6, 6.07) is 0. The van der Waals surface area contributed by atoms with Gasteiger partial charge in [-0.25, -0.2) is 0 Å². The van der Waals surface area contributed by atoms with Gasteiger partial charge in [0.05, 0.1) is 0 Å². The van der Waals surface area contributed by atoms with Gasteiger partial charge in [0.2, 0.25) is 0 Å². The Hall–Kier alpha value is -0.0800. The molecule has 1 fully saturated rings. The van der Waals surface area contributed by atoms with Crippen molar-refractivity contribution in [2.45, 2.75) is 51.7 Å². The molecule has 0 amide bonds. The van der Waals surface area contributed by atoms with E-state index in [1.165, 1.54) is 25.7 Å². The number of likely N-dealkylation sites (tertiary alicyclic amines) is 1. The van der Waals surface area contributed by atoms with Gasteiger partial charge in [-0.2, -0.15) is 0 Å². The number of aliphatic hydroxyl groups excluding tert-OH is 1. The average molecular weight is 171 g/mol. The molecule has 1 aliphatic rings. The van der Waals surface area contributed by atoms with E-state index in [2.05, 4.69) is 11.8 Å². The van der Waals surface area contributed by atoms with Crippen molar-refractivity contribution in [2.75, 3.05) is 13.1 Å². The molecule has 0 aromatic carbocycles. The number of hydrogen-bond donors (Lipinski definition) is 1. The average Bonchev–Trinajstić information content (AvgIpc) is 2.15. The Morgan fingerprint density at radius 1 is 1.25 bits per heavy atom. The molecule has 0 saturated carbocycles. The Bertz CT molecular complexity index is 110. The van der Waals surface area contributed by atoms with E-state index >= 15 is 0 Å². The van der Waals surface area contributed by atoms with E-state index in [0.717, 1.165) is 25.9 Å². The molecule has 2 heteroatoms. The minimum Gasteiger partial charge on any atom is -0.378 e. The summed E-state index contributed by atoms with van der Waals surface area (Å²) in [6.07, 6.45) is 7.01. The van der Waals surface area contributed by atoms with Crippen LogP contribution in [0.3, 0.4) is 0 Å². The fourth-order valence-corrected chi connectivity index (χ4v) is 1.79. The topological polar surface area (TPSA) is 23.5 Å². The van der Waals surface area contributed by atoms with Crippen LogP contribution in [0.4, 0.5) is 0 Å². The van der Waals surface area contributed by atoms with Gasteiger partial charge in [0.25, 0.3) is 0 Å². The van der Waals surface area contributed by atoms with Gasteiger partial charge in [0.1, 0.15) is 6.23 Å². The molecule has 1 atom stereocenters. The molecule has 1 aliphatic heterocycles. The van der Waals surface area contributed by atoms with Crippen molar-refractivity contribution < 1.29 is 5.11 Å². The van der Waals surface area contributed by atoms with Crippen LogP contribution in [0, 0.1) is 0 Å². The van der Waals surface area contributed by atoms with Crippen LogP contribution < -0.4 is 0 Å². The maximum absolute atomic E-state index is 9.73. The summed E-state index contributed by atoms with van der Waals surface area (Å²) in [4.78, 5) is 2.22. The molecule has 0 bridgehead atoms. The molecule has 0 spiro atoms. The van der Waals surface area contributed by atoms with Gasteiger partial charge < -0.3 is 5.11 Å². The van der Waals surface area contributed by atoms with Gasteiger partial charge in [0.15, 0.2) is 0 Å². The second kappa shape index (κ2) is 5.55. The lowest BCUT2D eigenvalue weighted by Gasteiger charge is -2.31. The standard InChI is InChI=1S/C10H21NO/c1-2-3-7-10(12)11-8-5-4-6-9-11/h10,12H,2-9H2,1H3/t10-/m0/s1. The van der Waals surface area contributed by atoms with Crippen molar-refractivity contribution in [3.8, 4) is 0 Å². The summed E-state index contributed by atoms with van der Waals surface area (Å²) in [5, 5.41) is 9.73. The van der Waals surface area contributed by atoms with Crippen LogP contribution in [0.15, 0.2) is 0 Å². The number of nitrogens with zero attached hydrogens (tertiary/aromatic N) is 1. The summed E-state index contributed by atoms with van der Waals surface area (Å²) >= 11 is 0. The zero-order chi connectivity index (χ0) is 8.81. The predicted molar refractivity (Wildman–Crippen MR) is 51.0 cm³/mol. The van der Waals surface area contributed by atoms with Gasteiger partial charge >= 0.3 is 0 Å². The zero-order valence-electron chi connectivity index (χ0n) is 8.13. The molecule has 0 aromatic heterocycles. The summed E-state index contributed by atoms with van der Waals surface area (Å²) in [7, 11) is 0. The predicted octanol–water partition coefficient (Wildman–Crippen LogP) is 1.98. The Kier molecular flexibility index (Phi) is 4.62. The lowest BCUT2D eigenvalue weighted by atomic mass is 10.1. The van der Waals surface area contributed by atoms with Crippen LogP contribution in [0.5, 0.6) is 0 Å². The number of unbranched alkanes of at least 4 members (excludes halogenated alkanes) is 1. The number of aliphatic hydroxyl groups is 1. The highest BCUT2D eigenvalue weighted by Crippen LogP contribution is 2.13. The molecule has 2 nitrogen and oxygen atoms in total. The largest absolute Gasteiger partial charge is 0.378 e. The Morgan fingerprint density at radius 3 is 2.50 bits per heavy atom. The van der Waals surface area contributed by atoms with Crippen LogP contribution in [-0.4, -0.2) is 29.3 Å². The molecule has 0 unspecified atom stereocenters. The quantitative estimate of drug-likeness (QED) is 0.699. The number of hydrogen-bond acceptors (Lipinski definition) is 2. The van der Waals surface area contributed by atoms with Crippen LogP contribution in [-0.2, 0) is 0 Å². The number of rotatable bonds is 4. The fourth-order valence-electron chi connectivity index (χ4n) is 1.79. The highest BCUT2D eigenvalue weighted by molar-refractivity contribution is 4.67. The van der Waals surface area contributed by atoms with Crippen molar-refractivity contribution in [2.24, 2.45) is 0 Å². The summed E-state index contributed by atoms with van der Waals surface area (Å²) in [6.45, 7) is 4.37. The maximum atomic E-state index is 9.73. The normalized spacial score (nSPS) is 22.5. The van der Waals surface area contributed by atoms with E-state index in [1.54, 1.807) is 0 Å². The summed E-state index contributed by atoms with van der Waals surface area (Å²) in [5.41, 5.74) is 0. The molecule has 12 heavy (non-hydrogen) atoms. The third-order valence-corrected chi connectivity index (χ3v) is 2.63. The first-order chi connectivity index (χ1) is 5.84. The molecular weight excluding hydrogens is 150 g/mol. The second-order valence-corrected chi connectivity index (χ2v) is 3.72. The Labute approximate surface area is 75.6 Å². The molecule has 1 heterocycles. The molecular formula is C10H21NO. The van der Waals surface area contributed by atoms with Gasteiger partial charge in [-0.05, 0) is 25.7 Å². The monoisotopic (exact) mass is 171 g/mol. The van der Waals surface area contributed by atoms with Crippen molar-refractivity contribution in [1.82, 2.24) is 4.90 Å². The van der Waals surface area contributed by atoms with E-state index in [9.17, 15) is 5.11 Å². The van der Waals surface area contributed by atoms with E-state index in [-0.39, 0.29) is 6.23 Å². The van der Waals surface area contributed by atoms with Crippen LogP contribution in [0.1, 0.15) is 45.4 Å². The minimum absolute atomic E-state index is 0.162. The van der Waals surface area contributed by atoms with Gasteiger partial charge in [-0.1, -0.05) is 19.8 Å². The number of piperidine rings is 1. The first kappa shape index (κ1) is 10.0. The zero-order valence-corrected chi connectivity index (χ0v) is 8.13. The van der Waals surface area contributed by atoms with Crippen LogP contribution in [0.2, 0.25) is 0 Å². The van der Waals surface area contributed by atoms with Crippen LogP contribution in [0.25, 0.3) is 0 Å². The molecule has 1 rings (SSSR count). The second-order valence-electron chi connectivity index (χ2n) is 3.72. The highest BCUT2D eigenvalue weighted by Gasteiger charge is 2.16. The lowest BCUT2D eigenvalue weighted by Crippen LogP contribution is -2.38. The van der Waals surface area contributed by atoms with E-state index < -0.39 is 0 Å². The first-order valence-electron chi connectivity index (χ1n) is 5.26. The van der Waals surface area contributed by atoms with Crippen molar-refractivity contribution >= 4 is 0 Å². The van der Waals surface area contributed by atoms with Crippen molar-refractivity contribution in [1.29, 1.82) is 0 Å². The van der Waals surface area contributed by atoms with Crippen molar-refractivity contribution in [3.05, 3.63) is 0 Å². The Morgan fingerprint density at radius 2 is 1.92 bits per heavy atom. The van der Waals surface area contributed by atoms with Gasteiger partial charge in [-0.15, -0.1) is 0 Å². The highest BCUT2D eigenvalue weighted by atomic mass is 16.3. The third-order valence-electron chi connectivity index (χ3n) is 2.63. The van der Waals surface area contributed by atoms with E-state index in [0.29, 0.717) is 0 Å². The van der Waals surface area contributed by atoms with E-state index in [4.69, 9.17) is 0 Å². The minimum atomic E-state index is -0.162. The molecule has 1 N–H and O–H groups in total. The molecule has 0 aromatic rings. The van der Waals surface area contributed by atoms with E-state index in [1.807, 2.05) is 0 Å². The SMILES string of the molecule is CCCC[C@H](O)N1CCCCC1. The summed E-state index contributed by atoms with van der Waals surface area (Å²) in [5.74, 6) is 0. The van der Waals surface area contributed by atoms with Gasteiger partial charge in [-0.3, -0.25) is 4.90 Å². The van der Waals surface area contributed by atoms with Gasteiger partial charge in [0, 0.05) is 13.1 Å². The molecule has 0 aliphatic carbocycles. The molecule has 0 radical (unpaired) electrons. The first-order valence-corrected chi connectivity index (χ1v) is 5.26. The summed E-state index contributed by atoms with van der Waals surface area (Å²) < 4.78 is 0. The fraction of sp³-hybridized carbons (Fsp3) is 1.00. The van der Waals surface area contributed by atoms with Crippen LogP contribution >= 0.6 is 0 Å².